The van der Waals surface area contributed by atoms with E-state index in [1.807, 2.05) is 36.4 Å². The smallest absolute Gasteiger partial charge is 0.226 e. The maximum Gasteiger partial charge on any atom is 0.226 e. The van der Waals surface area contributed by atoms with Crippen LogP contribution in [0.3, 0.4) is 0 Å². The minimum Gasteiger partial charge on any atom is -0.508 e. The second kappa shape index (κ2) is 6.06. The standard InChI is InChI=1S/C17H15NO2S/c1-12-5-7-13(8-6-12)17-18-14(10-20-17)11-21-16-4-2-3-15(19)9-16/h2-10,19H,11H2,1H3. The number of aromatic hydroxyl groups is 1. The second-order valence-corrected chi connectivity index (χ2v) is 5.84. The summed E-state index contributed by atoms with van der Waals surface area (Å²) in [6.07, 6.45) is 1.69. The summed E-state index contributed by atoms with van der Waals surface area (Å²) in [7, 11) is 0. The average Bonchev–Trinajstić information content (AvgIpc) is 2.95. The van der Waals surface area contributed by atoms with Crippen LogP contribution in [0.4, 0.5) is 0 Å². The van der Waals surface area contributed by atoms with Crippen LogP contribution in [-0.4, -0.2) is 10.1 Å². The van der Waals surface area contributed by atoms with Crippen LogP contribution in [0.5, 0.6) is 5.75 Å². The Morgan fingerprint density at radius 2 is 1.95 bits per heavy atom. The molecule has 0 fully saturated rings. The molecule has 0 radical (unpaired) electrons. The zero-order chi connectivity index (χ0) is 14.7. The number of nitrogens with zero attached hydrogens (tertiary/aromatic N) is 1. The molecule has 4 heteroatoms. The van der Waals surface area contributed by atoms with Gasteiger partial charge in [-0.3, -0.25) is 0 Å². The zero-order valence-electron chi connectivity index (χ0n) is 11.6. The highest BCUT2D eigenvalue weighted by Crippen LogP contribution is 2.27. The van der Waals surface area contributed by atoms with Crippen LogP contribution in [0.15, 0.2) is 64.1 Å². The van der Waals surface area contributed by atoms with Gasteiger partial charge >= 0.3 is 0 Å². The number of benzene rings is 2. The summed E-state index contributed by atoms with van der Waals surface area (Å²) in [6, 6.07) is 15.3. The average molecular weight is 297 g/mol. The van der Waals surface area contributed by atoms with Gasteiger partial charge in [-0.2, -0.15) is 0 Å². The third-order valence-electron chi connectivity index (χ3n) is 3.05. The highest BCUT2D eigenvalue weighted by atomic mass is 32.2. The van der Waals surface area contributed by atoms with Gasteiger partial charge in [0.15, 0.2) is 0 Å². The van der Waals surface area contributed by atoms with E-state index in [1.165, 1.54) is 5.56 Å². The van der Waals surface area contributed by atoms with Gasteiger partial charge in [0.25, 0.3) is 0 Å². The minimum absolute atomic E-state index is 0.278. The molecule has 3 aromatic rings. The van der Waals surface area contributed by atoms with Crippen molar-refractivity contribution in [1.29, 1.82) is 0 Å². The molecule has 106 valence electrons. The molecular formula is C17H15NO2S. The normalized spacial score (nSPS) is 10.7. The summed E-state index contributed by atoms with van der Waals surface area (Å²) < 4.78 is 5.53. The van der Waals surface area contributed by atoms with E-state index in [2.05, 4.69) is 11.9 Å². The first-order valence-electron chi connectivity index (χ1n) is 6.64. The number of aromatic nitrogens is 1. The minimum atomic E-state index is 0.278. The van der Waals surface area contributed by atoms with Crippen LogP contribution in [-0.2, 0) is 5.75 Å². The van der Waals surface area contributed by atoms with E-state index in [0.29, 0.717) is 11.6 Å². The highest BCUT2D eigenvalue weighted by molar-refractivity contribution is 7.98. The van der Waals surface area contributed by atoms with Crippen LogP contribution in [0.1, 0.15) is 11.3 Å². The molecule has 1 aromatic heterocycles. The largest absolute Gasteiger partial charge is 0.508 e. The molecule has 1 N–H and O–H groups in total. The molecule has 0 unspecified atom stereocenters. The van der Waals surface area contributed by atoms with Crippen molar-refractivity contribution in [3.05, 3.63) is 66.1 Å². The van der Waals surface area contributed by atoms with Crippen molar-refractivity contribution in [1.82, 2.24) is 4.98 Å². The maximum atomic E-state index is 9.44. The van der Waals surface area contributed by atoms with Crippen molar-refractivity contribution in [3.8, 4) is 17.2 Å². The van der Waals surface area contributed by atoms with E-state index in [1.54, 1.807) is 30.2 Å². The summed E-state index contributed by atoms with van der Waals surface area (Å²) in [5.41, 5.74) is 3.08. The van der Waals surface area contributed by atoms with Gasteiger partial charge in [-0.25, -0.2) is 4.98 Å². The lowest BCUT2D eigenvalue weighted by Gasteiger charge is -1.99. The van der Waals surface area contributed by atoms with Crippen molar-refractivity contribution in [2.45, 2.75) is 17.6 Å². The van der Waals surface area contributed by atoms with E-state index >= 15 is 0 Å². The third kappa shape index (κ3) is 3.47. The Morgan fingerprint density at radius 3 is 2.71 bits per heavy atom. The number of hydrogen-bond donors (Lipinski definition) is 1. The molecule has 1 heterocycles. The summed E-state index contributed by atoms with van der Waals surface area (Å²) in [5.74, 6) is 1.63. The van der Waals surface area contributed by atoms with E-state index in [-0.39, 0.29) is 5.75 Å². The monoisotopic (exact) mass is 297 g/mol. The molecule has 0 aliphatic carbocycles. The third-order valence-corrected chi connectivity index (χ3v) is 4.08. The van der Waals surface area contributed by atoms with E-state index in [0.717, 1.165) is 16.2 Å². The Balaban J connectivity index is 1.69. The summed E-state index contributed by atoms with van der Waals surface area (Å²) in [6.45, 7) is 2.05. The molecular weight excluding hydrogens is 282 g/mol. The van der Waals surface area contributed by atoms with Gasteiger partial charge in [0.1, 0.15) is 12.0 Å². The number of phenols is 1. The lowest BCUT2D eigenvalue weighted by atomic mass is 10.1. The Hall–Kier alpha value is -2.20. The fourth-order valence-electron chi connectivity index (χ4n) is 1.93. The van der Waals surface area contributed by atoms with Gasteiger partial charge in [0.05, 0.1) is 5.69 Å². The predicted octanol–water partition coefficient (Wildman–Crippen LogP) is 4.65. The van der Waals surface area contributed by atoms with Crippen LogP contribution < -0.4 is 0 Å². The molecule has 0 aliphatic heterocycles. The first-order valence-corrected chi connectivity index (χ1v) is 7.62. The number of rotatable bonds is 4. The molecule has 0 saturated heterocycles. The van der Waals surface area contributed by atoms with Gasteiger partial charge < -0.3 is 9.52 Å². The van der Waals surface area contributed by atoms with Crippen molar-refractivity contribution in [2.75, 3.05) is 0 Å². The Labute approximate surface area is 127 Å². The fraction of sp³-hybridized carbons (Fsp3) is 0.118. The molecule has 0 saturated carbocycles. The van der Waals surface area contributed by atoms with Crippen molar-refractivity contribution < 1.29 is 9.52 Å². The molecule has 3 rings (SSSR count). The van der Waals surface area contributed by atoms with Crippen LogP contribution in [0, 0.1) is 6.92 Å². The maximum absolute atomic E-state index is 9.44. The summed E-state index contributed by atoms with van der Waals surface area (Å²) in [5, 5.41) is 9.44. The van der Waals surface area contributed by atoms with Gasteiger partial charge in [-0.05, 0) is 37.3 Å². The Bertz CT molecular complexity index is 735. The van der Waals surface area contributed by atoms with Crippen LogP contribution in [0.25, 0.3) is 11.5 Å². The second-order valence-electron chi connectivity index (χ2n) is 4.80. The van der Waals surface area contributed by atoms with E-state index in [9.17, 15) is 5.11 Å². The Kier molecular flexibility index (Phi) is 3.97. The Morgan fingerprint density at radius 1 is 1.14 bits per heavy atom. The molecule has 0 spiro atoms. The summed E-state index contributed by atoms with van der Waals surface area (Å²) >= 11 is 1.62. The summed E-state index contributed by atoms with van der Waals surface area (Å²) in [4.78, 5) is 5.51. The molecule has 0 aliphatic rings. The molecule has 0 atom stereocenters. The van der Waals surface area contributed by atoms with Gasteiger partial charge in [0, 0.05) is 16.2 Å². The quantitative estimate of drug-likeness (QED) is 0.712. The zero-order valence-corrected chi connectivity index (χ0v) is 12.4. The lowest BCUT2D eigenvalue weighted by Crippen LogP contribution is -1.82. The van der Waals surface area contributed by atoms with Gasteiger partial charge in [0.2, 0.25) is 5.89 Å². The predicted molar refractivity (Wildman–Crippen MR) is 84.3 cm³/mol. The first kappa shape index (κ1) is 13.8. The van der Waals surface area contributed by atoms with Crippen molar-refractivity contribution in [2.24, 2.45) is 0 Å². The van der Waals surface area contributed by atoms with Crippen LogP contribution in [0.2, 0.25) is 0 Å². The first-order chi connectivity index (χ1) is 10.2. The van der Waals surface area contributed by atoms with E-state index < -0.39 is 0 Å². The lowest BCUT2D eigenvalue weighted by molar-refractivity contribution is 0.474. The number of aryl methyl sites for hydroxylation is 1. The number of oxazole rings is 1. The number of hydrogen-bond acceptors (Lipinski definition) is 4. The molecule has 21 heavy (non-hydrogen) atoms. The SMILES string of the molecule is Cc1ccc(-c2nc(CSc3cccc(O)c3)co2)cc1. The molecule has 3 nitrogen and oxygen atoms in total. The van der Waals surface area contributed by atoms with Gasteiger partial charge in [-0.15, -0.1) is 11.8 Å². The highest BCUT2D eigenvalue weighted by Gasteiger charge is 2.07. The number of phenolic OH excluding ortho intramolecular Hbond substituents is 1. The fourth-order valence-corrected chi connectivity index (χ4v) is 2.76. The van der Waals surface area contributed by atoms with Crippen molar-refractivity contribution in [3.63, 3.8) is 0 Å². The van der Waals surface area contributed by atoms with Gasteiger partial charge in [-0.1, -0.05) is 23.8 Å². The molecule has 0 amide bonds. The topological polar surface area (TPSA) is 46.3 Å². The molecule has 0 bridgehead atoms. The van der Waals surface area contributed by atoms with Crippen LogP contribution >= 0.6 is 11.8 Å². The molecule has 2 aromatic carbocycles. The number of thioether (sulfide) groups is 1. The van der Waals surface area contributed by atoms with E-state index in [4.69, 9.17) is 4.42 Å². The van der Waals surface area contributed by atoms with Crippen molar-refractivity contribution >= 4 is 11.8 Å².